The number of nitro groups is 1. The smallest absolute Gasteiger partial charge is 0.270 e. The number of hydrazine groups is 1. The Kier molecular flexibility index (Phi) is 5.16. The largest absolute Gasteiger partial charge is 0.464 e. The molecule has 8 nitrogen and oxygen atoms in total. The summed E-state index contributed by atoms with van der Waals surface area (Å²) in [6, 6.07) is 11.0. The lowest BCUT2D eigenvalue weighted by Crippen LogP contribution is -2.42. The molecule has 0 aliphatic carbocycles. The van der Waals surface area contributed by atoms with Gasteiger partial charge in [0.1, 0.15) is 5.58 Å². The summed E-state index contributed by atoms with van der Waals surface area (Å²) in [5, 5.41) is 11.6. The Morgan fingerprint density at radius 1 is 1.15 bits per heavy atom. The van der Waals surface area contributed by atoms with Gasteiger partial charge in [0.25, 0.3) is 11.6 Å². The van der Waals surface area contributed by atoms with Gasteiger partial charge in [0.05, 0.1) is 17.6 Å². The van der Waals surface area contributed by atoms with Crippen LogP contribution >= 0.6 is 0 Å². The number of carbonyl (C=O) groups excluding carboxylic acids is 2. The van der Waals surface area contributed by atoms with E-state index in [-0.39, 0.29) is 17.7 Å². The standard InChI is InChI=1S/C19H17N3O5/c1-2-12-6-7-16-14(11-27-17(16)8-12)10-18(23)20-21-19(24)13-4-3-5-15(9-13)22(25)26/h3-9,11H,2,10H2,1H3,(H,20,23)(H,21,24). The van der Waals surface area contributed by atoms with Crippen LogP contribution in [0.15, 0.2) is 53.1 Å². The summed E-state index contributed by atoms with van der Waals surface area (Å²) in [4.78, 5) is 34.3. The Bertz CT molecular complexity index is 1030. The molecule has 0 aliphatic rings. The van der Waals surface area contributed by atoms with Crippen LogP contribution in [0.2, 0.25) is 0 Å². The number of fused-ring (bicyclic) bond motifs is 1. The first kappa shape index (κ1) is 18.1. The number of non-ortho nitro benzene ring substituents is 1. The van der Waals surface area contributed by atoms with E-state index in [1.165, 1.54) is 24.5 Å². The molecule has 138 valence electrons. The number of rotatable bonds is 5. The third-order valence-electron chi connectivity index (χ3n) is 4.11. The van der Waals surface area contributed by atoms with E-state index in [0.717, 1.165) is 23.4 Å². The molecule has 8 heteroatoms. The number of benzene rings is 2. The van der Waals surface area contributed by atoms with Crippen LogP contribution in [0.3, 0.4) is 0 Å². The van der Waals surface area contributed by atoms with Crippen molar-refractivity contribution in [2.75, 3.05) is 0 Å². The summed E-state index contributed by atoms with van der Waals surface area (Å²) in [6.07, 6.45) is 2.43. The van der Waals surface area contributed by atoms with Crippen LogP contribution in [-0.4, -0.2) is 16.7 Å². The number of nitrogens with one attached hydrogen (secondary N) is 2. The molecule has 2 N–H and O–H groups in total. The Labute approximate surface area is 154 Å². The fourth-order valence-corrected chi connectivity index (χ4v) is 2.66. The molecule has 3 aromatic rings. The van der Waals surface area contributed by atoms with E-state index >= 15 is 0 Å². The summed E-state index contributed by atoms with van der Waals surface area (Å²) in [7, 11) is 0. The van der Waals surface area contributed by atoms with Crippen molar-refractivity contribution < 1.29 is 18.9 Å². The van der Waals surface area contributed by atoms with Gasteiger partial charge in [-0.2, -0.15) is 0 Å². The molecule has 3 rings (SSSR count). The van der Waals surface area contributed by atoms with Gasteiger partial charge in [-0.25, -0.2) is 0 Å². The predicted molar refractivity (Wildman–Crippen MR) is 98.0 cm³/mol. The molecule has 27 heavy (non-hydrogen) atoms. The highest BCUT2D eigenvalue weighted by Gasteiger charge is 2.14. The summed E-state index contributed by atoms with van der Waals surface area (Å²) in [5.41, 5.74) is 6.97. The topological polar surface area (TPSA) is 114 Å². The fourth-order valence-electron chi connectivity index (χ4n) is 2.66. The second-order valence-corrected chi connectivity index (χ2v) is 5.93. The number of furan rings is 1. The normalized spacial score (nSPS) is 10.6. The SMILES string of the molecule is CCc1ccc2c(CC(=O)NNC(=O)c3cccc([N+](=O)[O-])c3)coc2c1. The van der Waals surface area contributed by atoms with Crippen LogP contribution < -0.4 is 10.9 Å². The molecule has 0 atom stereocenters. The number of carbonyl (C=O) groups is 2. The lowest BCUT2D eigenvalue weighted by Gasteiger charge is -2.07. The Morgan fingerprint density at radius 3 is 2.70 bits per heavy atom. The van der Waals surface area contributed by atoms with Crippen LogP contribution in [0.25, 0.3) is 11.0 Å². The van der Waals surface area contributed by atoms with E-state index in [4.69, 9.17) is 4.42 Å². The first-order valence-corrected chi connectivity index (χ1v) is 8.30. The fraction of sp³-hybridized carbons (Fsp3) is 0.158. The van der Waals surface area contributed by atoms with Crippen LogP contribution in [0.5, 0.6) is 0 Å². The quantitative estimate of drug-likeness (QED) is 0.531. The lowest BCUT2D eigenvalue weighted by molar-refractivity contribution is -0.384. The first-order chi connectivity index (χ1) is 13.0. The summed E-state index contributed by atoms with van der Waals surface area (Å²) in [6.45, 7) is 2.04. The predicted octanol–water partition coefficient (Wildman–Crippen LogP) is 2.91. The number of amides is 2. The summed E-state index contributed by atoms with van der Waals surface area (Å²) < 4.78 is 5.49. The van der Waals surface area contributed by atoms with Gasteiger partial charge in [0, 0.05) is 28.6 Å². The van der Waals surface area contributed by atoms with Crippen LogP contribution in [0.1, 0.15) is 28.4 Å². The van der Waals surface area contributed by atoms with Crippen LogP contribution in [0, 0.1) is 10.1 Å². The number of aryl methyl sites for hydroxylation is 1. The van der Waals surface area contributed by atoms with Crippen molar-refractivity contribution in [2.45, 2.75) is 19.8 Å². The van der Waals surface area contributed by atoms with E-state index in [1.54, 1.807) is 0 Å². The van der Waals surface area contributed by atoms with Gasteiger partial charge in [0.2, 0.25) is 5.91 Å². The van der Waals surface area contributed by atoms with E-state index in [9.17, 15) is 19.7 Å². The van der Waals surface area contributed by atoms with Crippen LogP contribution in [-0.2, 0) is 17.6 Å². The average molecular weight is 367 g/mol. The molecule has 0 saturated carbocycles. The van der Waals surface area contributed by atoms with Crippen LogP contribution in [0.4, 0.5) is 5.69 Å². The molecular formula is C19H17N3O5. The number of nitrogens with zero attached hydrogens (tertiary/aromatic N) is 1. The summed E-state index contributed by atoms with van der Waals surface area (Å²) in [5.74, 6) is -1.08. The zero-order valence-electron chi connectivity index (χ0n) is 14.5. The van der Waals surface area contributed by atoms with Crippen molar-refractivity contribution in [2.24, 2.45) is 0 Å². The third-order valence-corrected chi connectivity index (χ3v) is 4.11. The molecule has 0 unspecified atom stereocenters. The minimum atomic E-state index is -0.642. The Balaban J connectivity index is 1.62. The zero-order valence-corrected chi connectivity index (χ0v) is 14.5. The molecule has 0 fully saturated rings. The minimum absolute atomic E-state index is 0.0215. The first-order valence-electron chi connectivity index (χ1n) is 8.30. The van der Waals surface area contributed by atoms with Gasteiger partial charge in [-0.3, -0.25) is 30.6 Å². The molecule has 1 heterocycles. The zero-order chi connectivity index (χ0) is 19.4. The van der Waals surface area contributed by atoms with E-state index in [0.29, 0.717) is 11.1 Å². The maximum atomic E-state index is 12.1. The molecule has 1 aromatic heterocycles. The number of nitro benzene ring substituents is 1. The van der Waals surface area contributed by atoms with E-state index in [1.807, 2.05) is 25.1 Å². The van der Waals surface area contributed by atoms with Gasteiger partial charge in [-0.15, -0.1) is 0 Å². The molecule has 0 spiro atoms. The second-order valence-electron chi connectivity index (χ2n) is 5.93. The highest BCUT2D eigenvalue weighted by atomic mass is 16.6. The molecule has 0 saturated heterocycles. The molecule has 0 bridgehead atoms. The molecule has 0 aliphatic heterocycles. The van der Waals surface area contributed by atoms with Crippen molar-refractivity contribution in [3.05, 3.63) is 75.5 Å². The Morgan fingerprint density at radius 2 is 1.96 bits per heavy atom. The minimum Gasteiger partial charge on any atom is -0.464 e. The van der Waals surface area contributed by atoms with Gasteiger partial charge in [-0.05, 0) is 24.1 Å². The van der Waals surface area contributed by atoms with E-state index in [2.05, 4.69) is 10.9 Å². The van der Waals surface area contributed by atoms with Gasteiger partial charge < -0.3 is 4.42 Å². The molecule has 2 amide bonds. The van der Waals surface area contributed by atoms with Gasteiger partial charge in [-0.1, -0.05) is 25.1 Å². The van der Waals surface area contributed by atoms with Crippen molar-refractivity contribution >= 4 is 28.5 Å². The monoisotopic (exact) mass is 367 g/mol. The summed E-state index contributed by atoms with van der Waals surface area (Å²) >= 11 is 0. The maximum Gasteiger partial charge on any atom is 0.270 e. The lowest BCUT2D eigenvalue weighted by atomic mass is 10.1. The van der Waals surface area contributed by atoms with E-state index < -0.39 is 16.7 Å². The molecular weight excluding hydrogens is 350 g/mol. The maximum absolute atomic E-state index is 12.1. The van der Waals surface area contributed by atoms with Crippen molar-refractivity contribution in [3.8, 4) is 0 Å². The van der Waals surface area contributed by atoms with Crippen molar-refractivity contribution in [3.63, 3.8) is 0 Å². The van der Waals surface area contributed by atoms with Gasteiger partial charge in [0.15, 0.2) is 0 Å². The number of hydrogen-bond acceptors (Lipinski definition) is 5. The molecule has 0 radical (unpaired) electrons. The van der Waals surface area contributed by atoms with Crippen molar-refractivity contribution in [1.29, 1.82) is 0 Å². The third kappa shape index (κ3) is 4.12. The second kappa shape index (κ2) is 7.69. The average Bonchev–Trinajstić information content (AvgIpc) is 3.08. The highest BCUT2D eigenvalue weighted by Crippen LogP contribution is 2.23. The Hall–Kier alpha value is -3.68. The number of hydrogen-bond donors (Lipinski definition) is 2. The highest BCUT2D eigenvalue weighted by molar-refractivity contribution is 5.96. The van der Waals surface area contributed by atoms with Crippen molar-refractivity contribution in [1.82, 2.24) is 10.9 Å². The van der Waals surface area contributed by atoms with Gasteiger partial charge >= 0.3 is 0 Å². The molecule has 2 aromatic carbocycles.